The summed E-state index contributed by atoms with van der Waals surface area (Å²) in [4.78, 5) is 40.6. The van der Waals surface area contributed by atoms with Crippen LogP contribution < -0.4 is 9.62 Å². The third kappa shape index (κ3) is 4.17. The molecule has 0 fully saturated rings. The van der Waals surface area contributed by atoms with Crippen molar-refractivity contribution in [3.63, 3.8) is 0 Å². The Bertz CT molecular complexity index is 1260. The Labute approximate surface area is 182 Å². The standard InChI is InChI=1S/C20H18N4O7S/c25-18(23-9-3-4-13-10-14(24(27)28)7-8-16(13)23)12-31-19(26)11-21-20-15-5-1-2-6-17(15)32(29,30)22-20/h1-2,5-8,10H,3-4,9,11-12H2,(H,21,22). The number of ether oxygens (including phenoxy) is 1. The summed E-state index contributed by atoms with van der Waals surface area (Å²) in [7, 11) is -3.72. The Morgan fingerprint density at radius 2 is 2.00 bits per heavy atom. The Morgan fingerprint density at radius 3 is 2.78 bits per heavy atom. The number of amides is 1. The number of fused-ring (bicyclic) bond motifs is 2. The number of anilines is 1. The van der Waals surface area contributed by atoms with Gasteiger partial charge in [0.2, 0.25) is 0 Å². The van der Waals surface area contributed by atoms with Crippen LogP contribution in [-0.4, -0.2) is 50.7 Å². The van der Waals surface area contributed by atoms with Crippen LogP contribution in [0, 0.1) is 10.1 Å². The predicted octanol–water partition coefficient (Wildman–Crippen LogP) is 1.16. The molecule has 32 heavy (non-hydrogen) atoms. The third-order valence-electron chi connectivity index (χ3n) is 5.08. The molecule has 0 unspecified atom stereocenters. The number of nitrogens with zero attached hydrogens (tertiary/aromatic N) is 3. The van der Waals surface area contributed by atoms with Gasteiger partial charge in [-0.1, -0.05) is 12.1 Å². The number of non-ortho nitro benzene ring substituents is 1. The number of carbonyl (C=O) groups is 2. The van der Waals surface area contributed by atoms with Crippen LogP contribution >= 0.6 is 0 Å². The number of benzene rings is 2. The monoisotopic (exact) mass is 458 g/mol. The normalized spacial score (nSPS) is 17.2. The SMILES string of the molecule is O=C(CN=C1NS(=O)(=O)c2ccccc21)OCC(=O)N1CCCc2cc([N+](=O)[O-])ccc21. The number of nitro benzene ring substituents is 1. The lowest BCUT2D eigenvalue weighted by Gasteiger charge is -2.29. The molecule has 12 heteroatoms. The molecule has 0 saturated heterocycles. The van der Waals surface area contributed by atoms with Crippen LogP contribution in [0.15, 0.2) is 52.4 Å². The van der Waals surface area contributed by atoms with E-state index in [0.29, 0.717) is 36.2 Å². The first-order valence-electron chi connectivity index (χ1n) is 9.66. The fraction of sp³-hybridized carbons (Fsp3) is 0.250. The molecule has 0 bridgehead atoms. The molecule has 0 saturated carbocycles. The van der Waals surface area contributed by atoms with Gasteiger partial charge in [0, 0.05) is 29.9 Å². The Balaban J connectivity index is 1.38. The summed E-state index contributed by atoms with van der Waals surface area (Å²) in [5.41, 5.74) is 1.55. The van der Waals surface area contributed by atoms with Gasteiger partial charge in [-0.25, -0.2) is 8.42 Å². The minimum atomic E-state index is -3.72. The average molecular weight is 458 g/mol. The van der Waals surface area contributed by atoms with Crippen LogP contribution in [0.3, 0.4) is 0 Å². The maximum atomic E-state index is 12.6. The lowest BCUT2D eigenvalue weighted by Crippen LogP contribution is -2.38. The van der Waals surface area contributed by atoms with Gasteiger partial charge in [-0.3, -0.25) is 29.4 Å². The molecule has 0 atom stereocenters. The van der Waals surface area contributed by atoms with E-state index < -0.39 is 40.0 Å². The molecule has 0 radical (unpaired) electrons. The lowest BCUT2D eigenvalue weighted by atomic mass is 10.0. The number of nitro groups is 1. The van der Waals surface area contributed by atoms with Gasteiger partial charge in [-0.2, -0.15) is 0 Å². The quantitative estimate of drug-likeness (QED) is 0.401. The first kappa shape index (κ1) is 21.4. The lowest BCUT2D eigenvalue weighted by molar-refractivity contribution is -0.384. The van der Waals surface area contributed by atoms with Crippen molar-refractivity contribution in [1.29, 1.82) is 0 Å². The minimum absolute atomic E-state index is 0.0374. The van der Waals surface area contributed by atoms with Crippen molar-refractivity contribution < 1.29 is 27.7 Å². The average Bonchev–Trinajstić information content (AvgIpc) is 3.05. The van der Waals surface area contributed by atoms with Crippen molar-refractivity contribution in [2.45, 2.75) is 17.7 Å². The summed E-state index contributed by atoms with van der Waals surface area (Å²) >= 11 is 0. The van der Waals surface area contributed by atoms with Crippen molar-refractivity contribution in [2.75, 3.05) is 24.6 Å². The van der Waals surface area contributed by atoms with Crippen molar-refractivity contribution >= 4 is 39.1 Å². The van der Waals surface area contributed by atoms with E-state index in [1.807, 2.05) is 0 Å². The molecule has 2 aromatic carbocycles. The van der Waals surface area contributed by atoms with E-state index in [9.17, 15) is 28.1 Å². The zero-order valence-electron chi connectivity index (χ0n) is 16.7. The fourth-order valence-corrected chi connectivity index (χ4v) is 4.87. The number of rotatable bonds is 5. The molecule has 11 nitrogen and oxygen atoms in total. The first-order valence-corrected chi connectivity index (χ1v) is 11.1. The molecular formula is C20H18N4O7S. The van der Waals surface area contributed by atoms with Crippen molar-refractivity contribution in [3.05, 3.63) is 63.7 Å². The highest BCUT2D eigenvalue weighted by Crippen LogP contribution is 2.30. The van der Waals surface area contributed by atoms with Crippen molar-refractivity contribution in [2.24, 2.45) is 4.99 Å². The molecule has 166 valence electrons. The maximum Gasteiger partial charge on any atom is 0.328 e. The first-order chi connectivity index (χ1) is 15.3. The van der Waals surface area contributed by atoms with Gasteiger partial charge in [-0.15, -0.1) is 0 Å². The second kappa shape index (κ2) is 8.38. The second-order valence-electron chi connectivity index (χ2n) is 7.15. The van der Waals surface area contributed by atoms with E-state index >= 15 is 0 Å². The number of aliphatic imine (C=N–C) groups is 1. The molecule has 1 N–H and O–H groups in total. The predicted molar refractivity (Wildman–Crippen MR) is 113 cm³/mol. The number of esters is 1. The molecule has 2 aromatic rings. The van der Waals surface area contributed by atoms with E-state index in [1.54, 1.807) is 18.2 Å². The van der Waals surface area contributed by atoms with Gasteiger partial charge in [-0.05, 0) is 36.6 Å². The van der Waals surface area contributed by atoms with E-state index in [2.05, 4.69) is 9.71 Å². The molecule has 2 aliphatic heterocycles. The van der Waals surface area contributed by atoms with Gasteiger partial charge >= 0.3 is 5.97 Å². The fourth-order valence-electron chi connectivity index (χ4n) is 3.62. The molecule has 2 heterocycles. The van der Waals surface area contributed by atoms with E-state index in [1.165, 1.54) is 29.2 Å². The number of sulfonamides is 1. The summed E-state index contributed by atoms with van der Waals surface area (Å²) in [5.74, 6) is -1.22. The van der Waals surface area contributed by atoms with E-state index in [4.69, 9.17) is 4.74 Å². The van der Waals surface area contributed by atoms with Gasteiger partial charge in [0.15, 0.2) is 6.61 Å². The van der Waals surface area contributed by atoms with Crippen molar-refractivity contribution in [1.82, 2.24) is 4.72 Å². The number of carbonyl (C=O) groups excluding carboxylic acids is 2. The van der Waals surface area contributed by atoms with E-state index in [-0.39, 0.29) is 16.4 Å². The Kier molecular flexibility index (Phi) is 5.61. The highest BCUT2D eigenvalue weighted by atomic mass is 32.2. The van der Waals surface area contributed by atoms with Gasteiger partial charge in [0.05, 0.1) is 9.82 Å². The summed E-state index contributed by atoms with van der Waals surface area (Å²) in [6.45, 7) is -0.591. The van der Waals surface area contributed by atoms with Crippen molar-refractivity contribution in [3.8, 4) is 0 Å². The Morgan fingerprint density at radius 1 is 1.22 bits per heavy atom. The molecule has 4 rings (SSSR count). The molecule has 0 spiro atoms. The van der Waals surface area contributed by atoms with Crippen LogP contribution in [0.2, 0.25) is 0 Å². The van der Waals surface area contributed by atoms with Crippen LogP contribution in [0.25, 0.3) is 0 Å². The molecule has 1 amide bonds. The third-order valence-corrected chi connectivity index (χ3v) is 6.48. The summed E-state index contributed by atoms with van der Waals surface area (Å²) in [6, 6.07) is 10.5. The van der Waals surface area contributed by atoms with Crippen LogP contribution in [0.1, 0.15) is 17.5 Å². The zero-order valence-corrected chi connectivity index (χ0v) is 17.5. The largest absolute Gasteiger partial charge is 0.454 e. The molecule has 0 aliphatic carbocycles. The highest BCUT2D eigenvalue weighted by Gasteiger charge is 2.30. The number of aryl methyl sites for hydroxylation is 1. The summed E-state index contributed by atoms with van der Waals surface area (Å²) in [6.07, 6.45) is 1.23. The molecule has 2 aliphatic rings. The van der Waals surface area contributed by atoms with Crippen LogP contribution in [-0.2, 0) is 30.8 Å². The molecular weight excluding hydrogens is 440 g/mol. The zero-order chi connectivity index (χ0) is 22.9. The highest BCUT2D eigenvalue weighted by molar-refractivity contribution is 7.90. The van der Waals surface area contributed by atoms with E-state index in [0.717, 1.165) is 0 Å². The van der Waals surface area contributed by atoms with Crippen LogP contribution in [0.5, 0.6) is 0 Å². The Hall–Kier alpha value is -3.80. The number of hydrogen-bond donors (Lipinski definition) is 1. The summed E-state index contributed by atoms with van der Waals surface area (Å²) in [5, 5.41) is 11.0. The topological polar surface area (TPSA) is 148 Å². The van der Waals surface area contributed by atoms with Gasteiger partial charge < -0.3 is 9.64 Å². The second-order valence-corrected chi connectivity index (χ2v) is 8.80. The molecule has 0 aromatic heterocycles. The van der Waals surface area contributed by atoms with Gasteiger partial charge in [0.1, 0.15) is 12.4 Å². The number of amidine groups is 1. The number of hydrogen-bond acceptors (Lipinski definition) is 8. The maximum absolute atomic E-state index is 12.6. The van der Waals surface area contributed by atoms with Gasteiger partial charge in [0.25, 0.3) is 21.6 Å². The van der Waals surface area contributed by atoms with Crippen LogP contribution in [0.4, 0.5) is 11.4 Å². The smallest absolute Gasteiger partial charge is 0.328 e. The minimum Gasteiger partial charge on any atom is -0.454 e. The summed E-state index contributed by atoms with van der Waals surface area (Å²) < 4.78 is 31.4. The number of nitrogens with one attached hydrogen (secondary N) is 1.